The third-order valence-corrected chi connectivity index (χ3v) is 4.16. The highest BCUT2D eigenvalue weighted by Crippen LogP contribution is 2.10. The number of hydrogen-bond donors (Lipinski definition) is 2. The van der Waals surface area contributed by atoms with E-state index in [-0.39, 0.29) is 11.9 Å². The number of piperidine rings is 1. The zero-order valence-corrected chi connectivity index (χ0v) is 11.9. The summed E-state index contributed by atoms with van der Waals surface area (Å²) in [5, 5.41) is 16.2. The van der Waals surface area contributed by atoms with Gasteiger partial charge in [0.25, 0.3) is 5.91 Å². The Bertz CT molecular complexity index is 559. The van der Waals surface area contributed by atoms with Crippen molar-refractivity contribution in [2.24, 2.45) is 0 Å². The van der Waals surface area contributed by atoms with Crippen molar-refractivity contribution < 1.29 is 4.79 Å². The van der Waals surface area contributed by atoms with Crippen LogP contribution in [0, 0.1) is 0 Å². The average molecular weight is 291 g/mol. The van der Waals surface area contributed by atoms with Gasteiger partial charge in [0.15, 0.2) is 5.69 Å². The maximum atomic E-state index is 12.1. The van der Waals surface area contributed by atoms with E-state index >= 15 is 0 Å². The molecule has 7 heteroatoms. The minimum absolute atomic E-state index is 0.142. The SMILES string of the molecule is O=C(NC1CCCNC1)c1cn(Cc2cccs2)nn1. The fourth-order valence-corrected chi connectivity index (χ4v) is 2.97. The third kappa shape index (κ3) is 3.23. The van der Waals surface area contributed by atoms with E-state index in [1.54, 1.807) is 22.2 Å². The zero-order chi connectivity index (χ0) is 13.8. The molecule has 1 atom stereocenters. The summed E-state index contributed by atoms with van der Waals surface area (Å²) in [6.45, 7) is 2.52. The van der Waals surface area contributed by atoms with Gasteiger partial charge in [-0.1, -0.05) is 11.3 Å². The summed E-state index contributed by atoms with van der Waals surface area (Å²) in [7, 11) is 0. The Morgan fingerprint density at radius 1 is 1.60 bits per heavy atom. The van der Waals surface area contributed by atoms with Gasteiger partial charge in [-0.05, 0) is 30.8 Å². The van der Waals surface area contributed by atoms with Gasteiger partial charge in [0.05, 0.1) is 12.7 Å². The number of nitrogens with zero attached hydrogens (tertiary/aromatic N) is 3. The summed E-state index contributed by atoms with van der Waals surface area (Å²) in [6.07, 6.45) is 3.81. The van der Waals surface area contributed by atoms with Crippen molar-refractivity contribution in [3.8, 4) is 0 Å². The second kappa shape index (κ2) is 6.15. The number of hydrogen-bond acceptors (Lipinski definition) is 5. The highest BCUT2D eigenvalue weighted by Gasteiger charge is 2.18. The second-order valence-electron chi connectivity index (χ2n) is 4.90. The monoisotopic (exact) mass is 291 g/mol. The first-order chi connectivity index (χ1) is 9.81. The molecule has 1 aliphatic heterocycles. The Kier molecular flexibility index (Phi) is 4.08. The highest BCUT2D eigenvalue weighted by atomic mass is 32.1. The van der Waals surface area contributed by atoms with Crippen molar-refractivity contribution in [1.82, 2.24) is 25.6 Å². The molecular weight excluding hydrogens is 274 g/mol. The van der Waals surface area contributed by atoms with Gasteiger partial charge in [-0.15, -0.1) is 16.4 Å². The van der Waals surface area contributed by atoms with Crippen molar-refractivity contribution in [2.75, 3.05) is 13.1 Å². The first kappa shape index (κ1) is 13.3. The predicted octanol–water partition coefficient (Wildman–Crippen LogP) is 0.870. The number of carbonyl (C=O) groups is 1. The van der Waals surface area contributed by atoms with Crippen molar-refractivity contribution in [1.29, 1.82) is 0 Å². The van der Waals surface area contributed by atoms with E-state index in [4.69, 9.17) is 0 Å². The molecule has 0 aliphatic carbocycles. The first-order valence-electron chi connectivity index (χ1n) is 6.75. The summed E-state index contributed by atoms with van der Waals surface area (Å²) in [6, 6.07) is 4.24. The molecular formula is C13H17N5OS. The van der Waals surface area contributed by atoms with Crippen LogP contribution in [0.5, 0.6) is 0 Å². The van der Waals surface area contributed by atoms with Crippen molar-refractivity contribution in [3.05, 3.63) is 34.3 Å². The fraction of sp³-hybridized carbons (Fsp3) is 0.462. The molecule has 3 rings (SSSR count). The summed E-state index contributed by atoms with van der Waals surface area (Å²) in [5.74, 6) is -0.142. The Hall–Kier alpha value is -1.73. The molecule has 1 unspecified atom stereocenters. The van der Waals surface area contributed by atoms with E-state index in [0.717, 1.165) is 25.9 Å². The maximum Gasteiger partial charge on any atom is 0.273 e. The van der Waals surface area contributed by atoms with Crippen LogP contribution in [0.3, 0.4) is 0 Å². The molecule has 2 aromatic heterocycles. The Morgan fingerprint density at radius 2 is 2.55 bits per heavy atom. The van der Waals surface area contributed by atoms with Crippen molar-refractivity contribution in [3.63, 3.8) is 0 Å². The second-order valence-corrected chi connectivity index (χ2v) is 5.93. The lowest BCUT2D eigenvalue weighted by atomic mass is 10.1. The van der Waals surface area contributed by atoms with E-state index < -0.39 is 0 Å². The summed E-state index contributed by atoms with van der Waals surface area (Å²) >= 11 is 1.67. The van der Waals surface area contributed by atoms with Crippen LogP contribution in [0.4, 0.5) is 0 Å². The van der Waals surface area contributed by atoms with Crippen molar-refractivity contribution in [2.45, 2.75) is 25.4 Å². The third-order valence-electron chi connectivity index (χ3n) is 3.30. The van der Waals surface area contributed by atoms with Gasteiger partial charge in [0.2, 0.25) is 0 Å². The number of carbonyl (C=O) groups excluding carboxylic acids is 1. The average Bonchev–Trinajstić information content (AvgIpc) is 3.12. The number of aromatic nitrogens is 3. The molecule has 0 spiro atoms. The molecule has 2 N–H and O–H groups in total. The normalized spacial score (nSPS) is 18.9. The largest absolute Gasteiger partial charge is 0.347 e. The molecule has 6 nitrogen and oxygen atoms in total. The standard InChI is InChI=1S/C13H17N5OS/c19-13(15-10-3-1-5-14-7-10)12-9-18(17-16-12)8-11-4-2-6-20-11/h2,4,6,9-10,14H,1,3,5,7-8H2,(H,15,19). The Labute approximate surface area is 121 Å². The summed E-state index contributed by atoms with van der Waals surface area (Å²) in [4.78, 5) is 13.3. The maximum absolute atomic E-state index is 12.1. The van der Waals surface area contributed by atoms with Crippen LogP contribution in [0.1, 0.15) is 28.2 Å². The molecule has 2 aromatic rings. The molecule has 0 bridgehead atoms. The lowest BCUT2D eigenvalue weighted by molar-refractivity contribution is 0.0925. The number of amides is 1. The summed E-state index contributed by atoms with van der Waals surface area (Å²) < 4.78 is 1.69. The fourth-order valence-electron chi connectivity index (χ4n) is 2.28. The van der Waals surface area contributed by atoms with Gasteiger partial charge in [-0.25, -0.2) is 4.68 Å². The lowest BCUT2D eigenvalue weighted by Gasteiger charge is -2.23. The molecule has 1 saturated heterocycles. The minimum Gasteiger partial charge on any atom is -0.347 e. The van der Waals surface area contributed by atoms with E-state index in [1.807, 2.05) is 17.5 Å². The van der Waals surface area contributed by atoms with Gasteiger partial charge in [0.1, 0.15) is 0 Å². The molecule has 0 aromatic carbocycles. The van der Waals surface area contributed by atoms with Gasteiger partial charge < -0.3 is 10.6 Å². The van der Waals surface area contributed by atoms with Gasteiger partial charge >= 0.3 is 0 Å². The van der Waals surface area contributed by atoms with Gasteiger partial charge in [-0.3, -0.25) is 4.79 Å². The molecule has 20 heavy (non-hydrogen) atoms. The van der Waals surface area contributed by atoms with Crippen LogP contribution in [0.2, 0.25) is 0 Å². The molecule has 1 amide bonds. The highest BCUT2D eigenvalue weighted by molar-refractivity contribution is 7.09. The van der Waals surface area contributed by atoms with Gasteiger partial charge in [-0.2, -0.15) is 0 Å². The van der Waals surface area contributed by atoms with Crippen molar-refractivity contribution >= 4 is 17.2 Å². The van der Waals surface area contributed by atoms with Crippen LogP contribution >= 0.6 is 11.3 Å². The topological polar surface area (TPSA) is 71.8 Å². The lowest BCUT2D eigenvalue weighted by Crippen LogP contribution is -2.45. The molecule has 3 heterocycles. The van der Waals surface area contributed by atoms with Crippen LogP contribution in [-0.4, -0.2) is 40.0 Å². The summed E-state index contributed by atoms with van der Waals surface area (Å²) in [5.41, 5.74) is 0.382. The van der Waals surface area contributed by atoms with Crippen LogP contribution in [-0.2, 0) is 6.54 Å². The smallest absolute Gasteiger partial charge is 0.273 e. The van der Waals surface area contributed by atoms with E-state index in [1.165, 1.54) is 4.88 Å². The zero-order valence-electron chi connectivity index (χ0n) is 11.1. The molecule has 106 valence electrons. The number of thiophene rings is 1. The van der Waals surface area contributed by atoms with Crippen LogP contribution in [0.15, 0.2) is 23.7 Å². The van der Waals surface area contributed by atoms with E-state index in [0.29, 0.717) is 12.2 Å². The van der Waals surface area contributed by atoms with Crippen LogP contribution in [0.25, 0.3) is 0 Å². The van der Waals surface area contributed by atoms with Crippen LogP contribution < -0.4 is 10.6 Å². The van der Waals surface area contributed by atoms with E-state index in [9.17, 15) is 4.79 Å². The first-order valence-corrected chi connectivity index (χ1v) is 7.63. The van der Waals surface area contributed by atoms with E-state index in [2.05, 4.69) is 20.9 Å². The Morgan fingerprint density at radius 3 is 3.30 bits per heavy atom. The molecule has 1 aliphatic rings. The molecule has 0 radical (unpaired) electrons. The predicted molar refractivity (Wildman–Crippen MR) is 76.8 cm³/mol. The van der Waals surface area contributed by atoms with Gasteiger partial charge in [0, 0.05) is 17.5 Å². The molecule has 1 fully saturated rings. The Balaban J connectivity index is 1.59. The number of nitrogens with one attached hydrogen (secondary N) is 2. The number of rotatable bonds is 4. The minimum atomic E-state index is -0.142. The quantitative estimate of drug-likeness (QED) is 0.877. The molecule has 0 saturated carbocycles.